The molecular weight excluding hydrogens is 204 g/mol. The van der Waals surface area contributed by atoms with Crippen LogP contribution in [0.1, 0.15) is 0 Å². The molecule has 0 N–H and O–H groups in total. The van der Waals surface area contributed by atoms with Gasteiger partial charge >= 0.3 is 0 Å². The highest BCUT2D eigenvalue weighted by Crippen LogP contribution is 2.14. The third-order valence-electron chi connectivity index (χ3n) is 1.10. The summed E-state index contributed by atoms with van der Waals surface area (Å²) in [5.74, 6) is 0. The molecule has 0 saturated carbocycles. The van der Waals surface area contributed by atoms with Crippen LogP contribution < -0.4 is 0 Å². The van der Waals surface area contributed by atoms with Crippen molar-refractivity contribution in [3.8, 4) is 0 Å². The van der Waals surface area contributed by atoms with Crippen LogP contribution in [0.4, 0.5) is 0 Å². The van der Waals surface area contributed by atoms with Gasteiger partial charge in [0.2, 0.25) is 0 Å². The van der Waals surface area contributed by atoms with Crippen LogP contribution in [0.25, 0.3) is 0 Å². The van der Waals surface area contributed by atoms with Gasteiger partial charge in [-0.3, -0.25) is 0 Å². The highest BCUT2D eigenvalue weighted by atomic mass is 79.9. The summed E-state index contributed by atoms with van der Waals surface area (Å²) in [7, 11) is -0.890. The molecule has 0 bridgehead atoms. The average molecular weight is 219 g/mol. The minimum absolute atomic E-state index is 0.890. The van der Waals surface area contributed by atoms with Crippen LogP contribution in [0.5, 0.6) is 0 Å². The maximum atomic E-state index is 3.66. The van der Waals surface area contributed by atoms with Gasteiger partial charge in [-0.1, -0.05) is 54.3 Å². The third-order valence-corrected chi connectivity index (χ3v) is 3.18. The molecule has 0 aliphatic carbocycles. The first-order chi connectivity index (χ1) is 4.45. The van der Waals surface area contributed by atoms with Crippen LogP contribution in [-0.4, -0.2) is 8.07 Å². The monoisotopic (exact) mass is 218 g/mol. The lowest BCUT2D eigenvalue weighted by Gasteiger charge is -2.11. The zero-order chi connectivity index (χ0) is 8.20. The van der Waals surface area contributed by atoms with E-state index >= 15 is 0 Å². The lowest BCUT2D eigenvalue weighted by atomic mass is 10.5. The Balaban J connectivity index is 3.84. The van der Waals surface area contributed by atoms with Crippen LogP contribution in [0.15, 0.2) is 23.2 Å². The van der Waals surface area contributed by atoms with E-state index in [2.05, 4.69) is 48.2 Å². The maximum absolute atomic E-state index is 3.66. The molecule has 0 aliphatic rings. The fraction of sp³-hybridized carbons (Fsp3) is 0.500. The molecule has 0 atom stereocenters. The molecular formula is C8H15BrSi. The van der Waals surface area contributed by atoms with Crippen molar-refractivity contribution in [2.24, 2.45) is 0 Å². The van der Waals surface area contributed by atoms with Crippen molar-refractivity contribution in [1.82, 2.24) is 0 Å². The molecule has 0 spiro atoms. The first kappa shape index (κ1) is 10.2. The SMILES string of the molecule is C=CC(Br)=CC[Si](C)(C)C. The second-order valence-electron chi connectivity index (χ2n) is 3.56. The Hall–Kier alpha value is 0.177. The minimum Gasteiger partial charge on any atom is -0.0980 e. The smallest absolute Gasteiger partial charge is 0.0480 e. The van der Waals surface area contributed by atoms with Crippen LogP contribution in [0.3, 0.4) is 0 Å². The zero-order valence-electron chi connectivity index (χ0n) is 6.95. The molecule has 0 aromatic rings. The summed E-state index contributed by atoms with van der Waals surface area (Å²) in [5, 5.41) is 0. The average Bonchev–Trinajstić information content (AvgIpc) is 1.81. The molecule has 0 heterocycles. The second-order valence-corrected chi connectivity index (χ2v) is 10.0. The molecule has 0 aliphatic heterocycles. The molecule has 10 heavy (non-hydrogen) atoms. The number of rotatable bonds is 3. The Morgan fingerprint density at radius 3 is 2.30 bits per heavy atom. The van der Waals surface area contributed by atoms with Gasteiger partial charge in [0.15, 0.2) is 0 Å². The van der Waals surface area contributed by atoms with Gasteiger partial charge in [0.25, 0.3) is 0 Å². The van der Waals surface area contributed by atoms with E-state index in [9.17, 15) is 0 Å². The summed E-state index contributed by atoms with van der Waals surface area (Å²) < 4.78 is 1.12. The normalized spacial score (nSPS) is 13.4. The Kier molecular flexibility index (Phi) is 4.21. The maximum Gasteiger partial charge on any atom is 0.0480 e. The largest absolute Gasteiger partial charge is 0.0980 e. The third kappa shape index (κ3) is 6.30. The zero-order valence-corrected chi connectivity index (χ0v) is 9.53. The van der Waals surface area contributed by atoms with Gasteiger partial charge in [0.1, 0.15) is 0 Å². The number of halogens is 1. The summed E-state index contributed by atoms with van der Waals surface area (Å²) in [4.78, 5) is 0. The summed E-state index contributed by atoms with van der Waals surface area (Å²) in [6, 6.07) is 1.22. The fourth-order valence-electron chi connectivity index (χ4n) is 0.487. The molecule has 58 valence electrons. The van der Waals surface area contributed by atoms with Crippen LogP contribution >= 0.6 is 15.9 Å². The van der Waals surface area contributed by atoms with Gasteiger partial charge in [0, 0.05) is 12.6 Å². The highest BCUT2D eigenvalue weighted by molar-refractivity contribution is 9.11. The number of hydrogen-bond donors (Lipinski definition) is 0. The van der Waals surface area contributed by atoms with Crippen molar-refractivity contribution in [3.05, 3.63) is 23.2 Å². The van der Waals surface area contributed by atoms with Crippen LogP contribution in [0.2, 0.25) is 25.7 Å². The minimum atomic E-state index is -0.890. The van der Waals surface area contributed by atoms with Crippen molar-refractivity contribution in [2.75, 3.05) is 0 Å². The Bertz CT molecular complexity index is 142. The van der Waals surface area contributed by atoms with E-state index in [1.54, 1.807) is 0 Å². The van der Waals surface area contributed by atoms with E-state index in [0.29, 0.717) is 0 Å². The Morgan fingerprint density at radius 1 is 1.50 bits per heavy atom. The summed E-state index contributed by atoms with van der Waals surface area (Å²) in [5.41, 5.74) is 0. The van der Waals surface area contributed by atoms with E-state index in [4.69, 9.17) is 0 Å². The predicted molar refractivity (Wildman–Crippen MR) is 55.4 cm³/mol. The van der Waals surface area contributed by atoms with E-state index < -0.39 is 8.07 Å². The molecule has 0 aromatic heterocycles. The first-order valence-corrected chi connectivity index (χ1v) is 7.94. The fourth-order valence-corrected chi connectivity index (χ4v) is 1.78. The van der Waals surface area contributed by atoms with E-state index in [0.717, 1.165) is 4.48 Å². The van der Waals surface area contributed by atoms with E-state index in [1.807, 2.05) is 6.08 Å². The molecule has 0 nitrogen and oxygen atoms in total. The molecule has 2 heteroatoms. The van der Waals surface area contributed by atoms with Crippen LogP contribution in [0, 0.1) is 0 Å². The molecule has 0 radical (unpaired) electrons. The van der Waals surface area contributed by atoms with Gasteiger partial charge < -0.3 is 0 Å². The lowest BCUT2D eigenvalue weighted by molar-refractivity contribution is 1.50. The van der Waals surface area contributed by atoms with E-state index in [1.165, 1.54) is 6.04 Å². The molecule has 0 unspecified atom stereocenters. The van der Waals surface area contributed by atoms with Crippen molar-refractivity contribution in [3.63, 3.8) is 0 Å². The molecule has 0 aromatic carbocycles. The Labute approximate surface area is 73.2 Å². The summed E-state index contributed by atoms with van der Waals surface area (Å²) in [6.45, 7) is 10.7. The van der Waals surface area contributed by atoms with Crippen molar-refractivity contribution in [1.29, 1.82) is 0 Å². The topological polar surface area (TPSA) is 0 Å². The lowest BCUT2D eigenvalue weighted by Crippen LogP contribution is -2.17. The van der Waals surface area contributed by atoms with E-state index in [-0.39, 0.29) is 0 Å². The predicted octanol–water partition coefficient (Wildman–Crippen LogP) is 3.79. The highest BCUT2D eigenvalue weighted by Gasteiger charge is 2.09. The van der Waals surface area contributed by atoms with Crippen molar-refractivity contribution >= 4 is 24.0 Å². The molecule has 0 amide bonds. The van der Waals surface area contributed by atoms with Gasteiger partial charge in [-0.2, -0.15) is 0 Å². The van der Waals surface area contributed by atoms with Crippen LogP contribution in [-0.2, 0) is 0 Å². The molecule has 0 rings (SSSR count). The molecule has 0 fully saturated rings. The molecule has 0 saturated heterocycles. The number of hydrogen-bond acceptors (Lipinski definition) is 0. The van der Waals surface area contributed by atoms with Crippen molar-refractivity contribution < 1.29 is 0 Å². The Morgan fingerprint density at radius 2 is 2.00 bits per heavy atom. The second kappa shape index (κ2) is 4.14. The quantitative estimate of drug-likeness (QED) is 0.500. The van der Waals surface area contributed by atoms with Gasteiger partial charge in [-0.15, -0.1) is 0 Å². The van der Waals surface area contributed by atoms with Crippen molar-refractivity contribution in [2.45, 2.75) is 25.7 Å². The van der Waals surface area contributed by atoms with Gasteiger partial charge in [-0.05, 0) is 6.04 Å². The van der Waals surface area contributed by atoms with Gasteiger partial charge in [0.05, 0.1) is 0 Å². The standard InChI is InChI=1S/C8H15BrSi/c1-5-8(9)6-7-10(2,3)4/h5-6H,1,7H2,2-4H3. The van der Waals surface area contributed by atoms with Gasteiger partial charge in [-0.25, -0.2) is 0 Å². The first-order valence-electron chi connectivity index (χ1n) is 3.44. The summed E-state index contributed by atoms with van der Waals surface area (Å²) in [6.07, 6.45) is 4.04. The summed E-state index contributed by atoms with van der Waals surface area (Å²) >= 11 is 3.39. The number of allylic oxidation sites excluding steroid dienone is 3.